The first kappa shape index (κ1) is 10.3. The summed E-state index contributed by atoms with van der Waals surface area (Å²) in [5.74, 6) is 0.241. The van der Waals surface area contributed by atoms with Crippen LogP contribution in [0.1, 0.15) is 5.56 Å². The van der Waals surface area contributed by atoms with Crippen molar-refractivity contribution in [3.8, 4) is 0 Å². The first-order valence-electron chi connectivity index (χ1n) is 4.81. The summed E-state index contributed by atoms with van der Waals surface area (Å²) in [7, 11) is 0. The summed E-state index contributed by atoms with van der Waals surface area (Å²) in [6.45, 7) is 0. The molecule has 0 spiro atoms. The molecule has 1 aromatic heterocycles. The van der Waals surface area contributed by atoms with E-state index in [1.54, 1.807) is 30.6 Å². The minimum atomic E-state index is -0.260. The van der Waals surface area contributed by atoms with Gasteiger partial charge in [0.1, 0.15) is 5.82 Å². The number of nitrogens with zero attached hydrogens (tertiary/aromatic N) is 1. The van der Waals surface area contributed by atoms with E-state index in [2.05, 4.69) is 9.98 Å². The molecule has 0 atom stereocenters. The van der Waals surface area contributed by atoms with Gasteiger partial charge >= 0.3 is 0 Å². The molecule has 0 amide bonds. The summed E-state index contributed by atoms with van der Waals surface area (Å²) in [4.78, 5) is 7.05. The van der Waals surface area contributed by atoms with Crippen LogP contribution in [0.2, 0.25) is 0 Å². The topological polar surface area (TPSA) is 52.5 Å². The molecule has 1 heterocycles. The number of pyridine rings is 1. The molecule has 0 aliphatic carbocycles. The number of benzene rings is 1. The SMILES string of the molecule is Nc1[nH+]cccc1N=Cc1ccc(F)cc1. The van der Waals surface area contributed by atoms with Crippen molar-refractivity contribution in [2.24, 2.45) is 4.99 Å². The van der Waals surface area contributed by atoms with Gasteiger partial charge in [0.25, 0.3) is 5.82 Å². The number of nitrogens with two attached hydrogens (primary N) is 1. The summed E-state index contributed by atoms with van der Waals surface area (Å²) < 4.78 is 12.6. The molecule has 0 bridgehead atoms. The Labute approximate surface area is 92.5 Å². The third-order valence-electron chi connectivity index (χ3n) is 2.09. The molecular weight excluding hydrogens is 205 g/mol. The number of hydrogen-bond donors (Lipinski definition) is 1. The molecule has 80 valence electrons. The molecule has 0 saturated carbocycles. The van der Waals surface area contributed by atoms with E-state index in [1.165, 1.54) is 12.1 Å². The Balaban J connectivity index is 2.21. The van der Waals surface area contributed by atoms with Crippen LogP contribution in [-0.4, -0.2) is 6.21 Å². The Bertz CT molecular complexity index is 506. The average molecular weight is 216 g/mol. The number of halogens is 1. The van der Waals surface area contributed by atoms with Gasteiger partial charge < -0.3 is 0 Å². The summed E-state index contributed by atoms with van der Waals surface area (Å²) >= 11 is 0. The van der Waals surface area contributed by atoms with Crippen LogP contribution in [0.15, 0.2) is 47.6 Å². The van der Waals surface area contributed by atoms with Crippen molar-refractivity contribution in [1.29, 1.82) is 0 Å². The van der Waals surface area contributed by atoms with Gasteiger partial charge in [-0.05, 0) is 29.8 Å². The monoisotopic (exact) mass is 216 g/mol. The number of nitrogen functional groups attached to an aromatic ring is 1. The van der Waals surface area contributed by atoms with Gasteiger partial charge in [-0.25, -0.2) is 14.4 Å². The number of nitrogens with one attached hydrogen (secondary N) is 1. The Morgan fingerprint density at radius 2 is 1.94 bits per heavy atom. The van der Waals surface area contributed by atoms with E-state index in [4.69, 9.17) is 5.73 Å². The summed E-state index contributed by atoms with van der Waals surface area (Å²) in [6, 6.07) is 9.70. The molecule has 4 heteroatoms. The van der Waals surface area contributed by atoms with Crippen LogP contribution >= 0.6 is 0 Å². The number of aliphatic imine (C=N–C) groups is 1. The van der Waals surface area contributed by atoms with E-state index in [9.17, 15) is 4.39 Å². The van der Waals surface area contributed by atoms with Gasteiger partial charge in [0.05, 0.1) is 6.20 Å². The van der Waals surface area contributed by atoms with Crippen LogP contribution in [-0.2, 0) is 0 Å². The van der Waals surface area contributed by atoms with Crippen LogP contribution in [0.5, 0.6) is 0 Å². The van der Waals surface area contributed by atoms with Crippen LogP contribution in [0.4, 0.5) is 15.9 Å². The van der Waals surface area contributed by atoms with Gasteiger partial charge in [-0.3, -0.25) is 5.73 Å². The lowest BCUT2D eigenvalue weighted by atomic mass is 10.2. The highest BCUT2D eigenvalue weighted by Gasteiger charge is 1.99. The minimum Gasteiger partial charge on any atom is -0.285 e. The van der Waals surface area contributed by atoms with Gasteiger partial charge in [0.15, 0.2) is 5.69 Å². The highest BCUT2D eigenvalue weighted by Crippen LogP contribution is 2.15. The van der Waals surface area contributed by atoms with Crippen molar-refractivity contribution >= 4 is 17.7 Å². The number of rotatable bonds is 2. The zero-order valence-corrected chi connectivity index (χ0v) is 8.52. The fraction of sp³-hybridized carbons (Fsp3) is 0. The van der Waals surface area contributed by atoms with Crippen molar-refractivity contribution in [1.82, 2.24) is 0 Å². The molecule has 3 nitrogen and oxygen atoms in total. The van der Waals surface area contributed by atoms with Gasteiger partial charge in [-0.1, -0.05) is 12.1 Å². The van der Waals surface area contributed by atoms with Crippen molar-refractivity contribution < 1.29 is 9.37 Å². The fourth-order valence-electron chi connectivity index (χ4n) is 1.25. The molecule has 0 aliphatic heterocycles. The van der Waals surface area contributed by atoms with Crippen molar-refractivity contribution in [2.75, 3.05) is 5.73 Å². The maximum Gasteiger partial charge on any atom is 0.296 e. The predicted molar refractivity (Wildman–Crippen MR) is 61.1 cm³/mol. The van der Waals surface area contributed by atoms with Crippen LogP contribution in [0.3, 0.4) is 0 Å². The normalized spacial score (nSPS) is 10.8. The smallest absolute Gasteiger partial charge is 0.285 e. The zero-order valence-electron chi connectivity index (χ0n) is 8.52. The highest BCUT2D eigenvalue weighted by molar-refractivity contribution is 5.82. The van der Waals surface area contributed by atoms with Crippen LogP contribution in [0.25, 0.3) is 0 Å². The molecule has 0 fully saturated rings. The first-order chi connectivity index (χ1) is 7.75. The van der Waals surface area contributed by atoms with E-state index in [-0.39, 0.29) is 5.82 Å². The summed E-state index contributed by atoms with van der Waals surface area (Å²) in [5, 5.41) is 0. The van der Waals surface area contributed by atoms with E-state index in [0.29, 0.717) is 11.5 Å². The third-order valence-corrected chi connectivity index (χ3v) is 2.09. The van der Waals surface area contributed by atoms with E-state index < -0.39 is 0 Å². The quantitative estimate of drug-likeness (QED) is 0.766. The number of anilines is 1. The van der Waals surface area contributed by atoms with Crippen molar-refractivity contribution in [2.45, 2.75) is 0 Å². The second kappa shape index (κ2) is 4.53. The fourth-order valence-corrected chi connectivity index (χ4v) is 1.25. The molecule has 2 aromatic rings. The average Bonchev–Trinajstić information content (AvgIpc) is 2.30. The molecule has 1 aromatic carbocycles. The van der Waals surface area contributed by atoms with Gasteiger partial charge in [0, 0.05) is 6.21 Å². The molecule has 0 saturated heterocycles. The van der Waals surface area contributed by atoms with Crippen LogP contribution in [0, 0.1) is 5.82 Å². The number of hydrogen-bond acceptors (Lipinski definition) is 2. The third kappa shape index (κ3) is 2.42. The van der Waals surface area contributed by atoms with Crippen LogP contribution < -0.4 is 10.7 Å². The lowest BCUT2D eigenvalue weighted by Gasteiger charge is -1.94. The Morgan fingerprint density at radius 1 is 1.19 bits per heavy atom. The second-order valence-corrected chi connectivity index (χ2v) is 3.28. The second-order valence-electron chi connectivity index (χ2n) is 3.28. The standard InChI is InChI=1S/C12H10FN3/c13-10-5-3-9(4-6-10)8-16-11-2-1-7-15-12(11)14/h1-8H,(H2,14,15)/p+1. The maximum atomic E-state index is 12.6. The number of H-pyrrole nitrogens is 1. The first-order valence-corrected chi connectivity index (χ1v) is 4.81. The van der Waals surface area contributed by atoms with Gasteiger partial charge in [-0.15, -0.1) is 0 Å². The van der Waals surface area contributed by atoms with E-state index in [1.807, 2.05) is 6.07 Å². The highest BCUT2D eigenvalue weighted by atomic mass is 19.1. The van der Waals surface area contributed by atoms with E-state index in [0.717, 1.165) is 5.56 Å². The molecule has 0 aliphatic rings. The molecule has 2 rings (SSSR count). The minimum absolute atomic E-state index is 0.260. The number of aromatic amines is 1. The lowest BCUT2D eigenvalue weighted by Crippen LogP contribution is -2.08. The number of aromatic nitrogens is 1. The lowest BCUT2D eigenvalue weighted by molar-refractivity contribution is -0.359. The molecule has 3 N–H and O–H groups in total. The van der Waals surface area contributed by atoms with Gasteiger partial charge in [0.2, 0.25) is 0 Å². The van der Waals surface area contributed by atoms with Crippen molar-refractivity contribution in [3.05, 3.63) is 54.0 Å². The summed E-state index contributed by atoms with van der Waals surface area (Å²) in [5.41, 5.74) is 7.16. The zero-order chi connectivity index (χ0) is 11.4. The molecular formula is C12H11FN3+. The van der Waals surface area contributed by atoms with Crippen molar-refractivity contribution in [3.63, 3.8) is 0 Å². The largest absolute Gasteiger partial charge is 0.296 e. The Hall–Kier alpha value is -2.23. The molecule has 0 radical (unpaired) electrons. The van der Waals surface area contributed by atoms with Gasteiger partial charge in [-0.2, -0.15) is 0 Å². The Morgan fingerprint density at radius 3 is 2.62 bits per heavy atom. The molecule has 16 heavy (non-hydrogen) atoms. The van der Waals surface area contributed by atoms with E-state index >= 15 is 0 Å². The predicted octanol–water partition coefficient (Wildman–Crippen LogP) is 1.97. The maximum absolute atomic E-state index is 12.6. The Kier molecular flexibility index (Phi) is 2.91. The molecule has 0 unspecified atom stereocenters. The summed E-state index contributed by atoms with van der Waals surface area (Å²) in [6.07, 6.45) is 3.37.